The molecule has 0 radical (unpaired) electrons. The van der Waals surface area contributed by atoms with Crippen LogP contribution >= 0.6 is 11.3 Å². The third-order valence-electron chi connectivity index (χ3n) is 6.31. The summed E-state index contributed by atoms with van der Waals surface area (Å²) >= 11 is 1.89. The van der Waals surface area contributed by atoms with Gasteiger partial charge >= 0.3 is 0 Å². The lowest BCUT2D eigenvalue weighted by molar-refractivity contribution is 1.02. The lowest BCUT2D eigenvalue weighted by atomic mass is 10.0. The number of hydrogen-bond donors (Lipinski definition) is 1. The highest BCUT2D eigenvalue weighted by molar-refractivity contribution is 7.12. The summed E-state index contributed by atoms with van der Waals surface area (Å²) in [5, 5.41) is 4.90. The second-order valence-corrected chi connectivity index (χ2v) is 9.77. The molecular weight excluding hydrogens is 448 g/mol. The minimum Gasteiger partial charge on any atom is -0.383 e. The number of nitrogens with one attached hydrogen (secondary N) is 1. The Balaban J connectivity index is 1.95. The number of anilines is 1. The Morgan fingerprint density at radius 2 is 1.80 bits per heavy atom. The molecule has 0 atom stereocenters. The molecule has 4 nitrogen and oxygen atoms in total. The fourth-order valence-corrected chi connectivity index (χ4v) is 6.00. The molecule has 0 fully saturated rings. The summed E-state index contributed by atoms with van der Waals surface area (Å²) in [6.07, 6.45) is 8.98. The van der Waals surface area contributed by atoms with Crippen molar-refractivity contribution in [1.82, 2.24) is 14.5 Å². The molecule has 2 aromatic carbocycles. The van der Waals surface area contributed by atoms with Gasteiger partial charge in [-0.25, -0.2) is 9.97 Å². The first-order chi connectivity index (χ1) is 17.2. The monoisotopic (exact) mass is 478 g/mol. The van der Waals surface area contributed by atoms with Crippen LogP contribution in [0.25, 0.3) is 45.2 Å². The average molecular weight is 479 g/mol. The number of nitrogens with zero attached hydrogens (tertiary/aromatic N) is 3. The minimum atomic E-state index is 0.832. The second-order valence-electron chi connectivity index (χ2n) is 8.46. The van der Waals surface area contributed by atoms with Crippen molar-refractivity contribution in [2.45, 2.75) is 34.1 Å². The third kappa shape index (κ3) is 3.96. The van der Waals surface area contributed by atoms with Gasteiger partial charge in [0.2, 0.25) is 0 Å². The molecule has 0 aliphatic carbocycles. The van der Waals surface area contributed by atoms with E-state index in [1.807, 2.05) is 23.6 Å². The van der Waals surface area contributed by atoms with Crippen molar-refractivity contribution in [2.24, 2.45) is 0 Å². The van der Waals surface area contributed by atoms with Crippen LogP contribution in [-0.4, -0.2) is 21.1 Å². The summed E-state index contributed by atoms with van der Waals surface area (Å²) in [6, 6.07) is 19.0. The minimum absolute atomic E-state index is 0.832. The van der Waals surface area contributed by atoms with Crippen molar-refractivity contribution in [3.63, 3.8) is 0 Å². The van der Waals surface area contributed by atoms with Gasteiger partial charge in [-0.15, -0.1) is 11.3 Å². The molecule has 1 N–H and O–H groups in total. The SMILES string of the molecule is C/C=C\c1c(CC)sc(C)c1-c1c(NCC)c2ccccc2n1-c1ncncc1-c1ccccc1. The van der Waals surface area contributed by atoms with Gasteiger partial charge in [-0.2, -0.15) is 0 Å². The van der Waals surface area contributed by atoms with E-state index in [9.17, 15) is 0 Å². The Labute approximate surface area is 211 Å². The van der Waals surface area contributed by atoms with Crippen molar-refractivity contribution in [2.75, 3.05) is 11.9 Å². The quantitative estimate of drug-likeness (QED) is 0.257. The Bertz CT molecular complexity index is 1510. The van der Waals surface area contributed by atoms with Crippen LogP contribution in [0.1, 0.15) is 36.1 Å². The zero-order chi connectivity index (χ0) is 24.4. The fourth-order valence-electron chi connectivity index (χ4n) is 4.89. The topological polar surface area (TPSA) is 42.7 Å². The summed E-state index contributed by atoms with van der Waals surface area (Å²) < 4.78 is 2.33. The highest BCUT2D eigenvalue weighted by atomic mass is 32.1. The number of thiophene rings is 1. The molecule has 0 spiro atoms. The summed E-state index contributed by atoms with van der Waals surface area (Å²) in [4.78, 5) is 12.0. The van der Waals surface area contributed by atoms with Gasteiger partial charge in [-0.3, -0.25) is 4.57 Å². The van der Waals surface area contributed by atoms with Gasteiger partial charge in [0.05, 0.1) is 16.9 Å². The van der Waals surface area contributed by atoms with Crippen LogP contribution in [0.15, 0.2) is 73.2 Å². The van der Waals surface area contributed by atoms with Crippen molar-refractivity contribution >= 4 is 34.0 Å². The largest absolute Gasteiger partial charge is 0.383 e. The number of rotatable bonds is 7. The van der Waals surface area contributed by atoms with Gasteiger partial charge < -0.3 is 5.32 Å². The first-order valence-corrected chi connectivity index (χ1v) is 13.0. The van der Waals surface area contributed by atoms with E-state index in [2.05, 4.69) is 103 Å². The molecule has 5 aromatic rings. The van der Waals surface area contributed by atoms with Crippen molar-refractivity contribution in [3.05, 3.63) is 88.5 Å². The lowest BCUT2D eigenvalue weighted by Crippen LogP contribution is -2.05. The molecule has 5 rings (SSSR count). The summed E-state index contributed by atoms with van der Waals surface area (Å²) in [5.74, 6) is 0.886. The number of hydrogen-bond acceptors (Lipinski definition) is 4. The molecule has 176 valence electrons. The smallest absolute Gasteiger partial charge is 0.148 e. The normalized spacial score (nSPS) is 11.5. The van der Waals surface area contributed by atoms with Crippen LogP contribution < -0.4 is 5.32 Å². The van der Waals surface area contributed by atoms with Crippen molar-refractivity contribution < 1.29 is 0 Å². The maximum atomic E-state index is 4.88. The van der Waals surface area contributed by atoms with Crippen LogP contribution in [0.2, 0.25) is 0 Å². The number of fused-ring (bicyclic) bond motifs is 1. The molecule has 3 heterocycles. The Kier molecular flexibility index (Phi) is 6.51. The van der Waals surface area contributed by atoms with E-state index in [1.165, 1.54) is 26.3 Å². The molecule has 0 amide bonds. The van der Waals surface area contributed by atoms with Gasteiger partial charge in [0.1, 0.15) is 12.1 Å². The molecule has 0 aliphatic heterocycles. The predicted molar refractivity (Wildman–Crippen MR) is 151 cm³/mol. The number of aromatic nitrogens is 3. The maximum absolute atomic E-state index is 4.88. The number of para-hydroxylation sites is 1. The molecule has 3 aromatic heterocycles. The van der Waals surface area contributed by atoms with E-state index in [-0.39, 0.29) is 0 Å². The molecule has 0 saturated heterocycles. The zero-order valence-electron chi connectivity index (χ0n) is 20.7. The Morgan fingerprint density at radius 1 is 1.03 bits per heavy atom. The van der Waals surface area contributed by atoms with E-state index in [1.54, 1.807) is 6.33 Å². The highest BCUT2D eigenvalue weighted by Crippen LogP contribution is 2.47. The van der Waals surface area contributed by atoms with Gasteiger partial charge in [0.25, 0.3) is 0 Å². The summed E-state index contributed by atoms with van der Waals surface area (Å²) in [5.41, 5.74) is 8.12. The molecule has 0 bridgehead atoms. The van der Waals surface area contributed by atoms with E-state index in [0.29, 0.717) is 0 Å². The average Bonchev–Trinajstić information content (AvgIpc) is 3.38. The Hall–Kier alpha value is -3.70. The molecule has 0 aliphatic rings. The van der Waals surface area contributed by atoms with Gasteiger partial charge in [-0.1, -0.05) is 67.6 Å². The molecule has 5 heteroatoms. The van der Waals surface area contributed by atoms with Gasteiger partial charge in [0.15, 0.2) is 0 Å². The number of benzene rings is 2. The first-order valence-electron chi connectivity index (χ1n) is 12.2. The van der Waals surface area contributed by atoms with Crippen molar-refractivity contribution in [1.29, 1.82) is 0 Å². The van der Waals surface area contributed by atoms with E-state index in [0.717, 1.165) is 46.8 Å². The molecule has 0 unspecified atom stereocenters. The second kappa shape index (κ2) is 9.88. The number of allylic oxidation sites excluding steroid dienone is 1. The van der Waals surface area contributed by atoms with E-state index < -0.39 is 0 Å². The fraction of sp³-hybridized carbons (Fsp3) is 0.200. The van der Waals surface area contributed by atoms with E-state index in [4.69, 9.17) is 4.98 Å². The predicted octanol–water partition coefficient (Wildman–Crippen LogP) is 8.15. The summed E-state index contributed by atoms with van der Waals surface area (Å²) in [7, 11) is 0. The van der Waals surface area contributed by atoms with Crippen LogP contribution in [0.4, 0.5) is 5.69 Å². The number of aryl methyl sites for hydroxylation is 2. The van der Waals surface area contributed by atoms with Crippen LogP contribution in [0.3, 0.4) is 0 Å². The van der Waals surface area contributed by atoms with Gasteiger partial charge in [-0.05, 0) is 44.4 Å². The van der Waals surface area contributed by atoms with Crippen LogP contribution in [-0.2, 0) is 6.42 Å². The maximum Gasteiger partial charge on any atom is 0.148 e. The zero-order valence-corrected chi connectivity index (χ0v) is 21.5. The first kappa shape index (κ1) is 23.1. The van der Waals surface area contributed by atoms with E-state index >= 15 is 0 Å². The highest BCUT2D eigenvalue weighted by Gasteiger charge is 2.26. The molecular formula is C30H30N4S. The molecule has 0 saturated carbocycles. The summed E-state index contributed by atoms with van der Waals surface area (Å²) in [6.45, 7) is 9.55. The van der Waals surface area contributed by atoms with Crippen LogP contribution in [0, 0.1) is 6.92 Å². The lowest BCUT2D eigenvalue weighted by Gasteiger charge is -2.16. The van der Waals surface area contributed by atoms with Gasteiger partial charge in [0, 0.05) is 39.0 Å². The standard InChI is InChI=1S/C30H30N4S/c1-5-13-23-26(6-2)35-20(4)27(23)29-28(32-7-3)22-16-11-12-17-25(22)34(29)30-24(18-31-19-33-30)21-14-9-8-10-15-21/h5,8-19,32H,6-7H2,1-4H3/b13-5-. The van der Waals surface area contributed by atoms with Crippen LogP contribution in [0.5, 0.6) is 0 Å². The van der Waals surface area contributed by atoms with Crippen molar-refractivity contribution in [3.8, 4) is 28.2 Å². The Morgan fingerprint density at radius 3 is 2.54 bits per heavy atom. The third-order valence-corrected chi connectivity index (χ3v) is 7.57. The molecule has 35 heavy (non-hydrogen) atoms.